The molecular weight excluding hydrogens is 396 g/mol. The summed E-state index contributed by atoms with van der Waals surface area (Å²) < 4.78 is 28.7. The molecule has 0 fully saturated rings. The van der Waals surface area contributed by atoms with Crippen LogP contribution in [0.15, 0.2) is 27.8 Å². The average Bonchev–Trinajstić information content (AvgIpc) is 2.90. The van der Waals surface area contributed by atoms with Gasteiger partial charge in [0.1, 0.15) is 11.7 Å². The number of fused-ring (bicyclic) bond motifs is 1. The smallest absolute Gasteiger partial charge is 0.243 e. The van der Waals surface area contributed by atoms with Gasteiger partial charge in [-0.25, -0.2) is 13.4 Å². The highest BCUT2D eigenvalue weighted by Crippen LogP contribution is 2.22. The molecule has 0 radical (unpaired) electrons. The van der Waals surface area contributed by atoms with Gasteiger partial charge in [-0.3, -0.25) is 9.20 Å². The van der Waals surface area contributed by atoms with Crippen LogP contribution in [0.3, 0.4) is 0 Å². The van der Waals surface area contributed by atoms with Crippen molar-refractivity contribution in [3.8, 4) is 6.07 Å². The Morgan fingerprint density at radius 3 is 2.91 bits per heavy atom. The summed E-state index contributed by atoms with van der Waals surface area (Å²) in [6.07, 6.45) is 3.37. The molecule has 0 spiro atoms. The molecule has 0 amide bonds. The van der Waals surface area contributed by atoms with Crippen molar-refractivity contribution in [2.24, 2.45) is 0 Å². The van der Waals surface area contributed by atoms with E-state index in [4.69, 9.17) is 16.9 Å². The van der Waals surface area contributed by atoms with E-state index in [0.29, 0.717) is 16.4 Å². The second kappa shape index (κ2) is 6.75. The van der Waals surface area contributed by atoms with Gasteiger partial charge in [-0.1, -0.05) is 0 Å². The summed E-state index contributed by atoms with van der Waals surface area (Å²) in [7, 11) is -3.94. The molecule has 2 heterocycles. The Kier molecular flexibility index (Phi) is 5.18. The number of rotatable bonds is 6. The molecule has 2 rings (SSSR count). The van der Waals surface area contributed by atoms with Crippen LogP contribution in [0.25, 0.3) is 5.65 Å². The van der Waals surface area contributed by atoms with Gasteiger partial charge in [-0.15, -0.1) is 11.6 Å². The van der Waals surface area contributed by atoms with Crippen LogP contribution in [0.2, 0.25) is 0 Å². The maximum atomic E-state index is 12.3. The quantitative estimate of drug-likeness (QED) is 0.582. The first kappa shape index (κ1) is 16.9. The molecule has 0 aliphatic heterocycles. The Morgan fingerprint density at radius 2 is 2.32 bits per heavy atom. The molecular formula is C12H10BrClN4O3S. The fraction of sp³-hybridized carbons (Fsp3) is 0.250. The fourth-order valence-electron chi connectivity index (χ4n) is 1.79. The number of nitrogens with zero attached hydrogens (tertiary/aromatic N) is 3. The minimum Gasteiger partial charge on any atom is -0.296 e. The van der Waals surface area contributed by atoms with Gasteiger partial charge in [-0.2, -0.15) is 9.98 Å². The Labute approximate surface area is 140 Å². The zero-order valence-electron chi connectivity index (χ0n) is 11.0. The molecule has 22 heavy (non-hydrogen) atoms. The van der Waals surface area contributed by atoms with Gasteiger partial charge in [0.2, 0.25) is 10.0 Å². The van der Waals surface area contributed by atoms with Crippen LogP contribution in [-0.4, -0.2) is 36.0 Å². The monoisotopic (exact) mass is 404 g/mol. The van der Waals surface area contributed by atoms with Crippen molar-refractivity contribution < 1.29 is 13.2 Å². The number of aldehydes is 1. The lowest BCUT2D eigenvalue weighted by Gasteiger charge is -2.12. The number of sulfonamides is 1. The van der Waals surface area contributed by atoms with Crippen molar-refractivity contribution in [3.63, 3.8) is 0 Å². The first-order chi connectivity index (χ1) is 10.4. The lowest BCUT2D eigenvalue weighted by molar-refractivity contribution is 0.111. The van der Waals surface area contributed by atoms with Crippen LogP contribution in [-0.2, 0) is 10.0 Å². The lowest BCUT2D eigenvalue weighted by Crippen LogP contribution is -2.34. The molecule has 1 unspecified atom stereocenters. The van der Waals surface area contributed by atoms with E-state index in [1.807, 2.05) is 6.07 Å². The first-order valence-corrected chi connectivity index (χ1v) is 8.83. The molecule has 0 saturated heterocycles. The van der Waals surface area contributed by atoms with Gasteiger partial charge in [0.05, 0.1) is 21.6 Å². The second-order valence-electron chi connectivity index (χ2n) is 4.30. The van der Waals surface area contributed by atoms with Gasteiger partial charge in [0.15, 0.2) is 11.9 Å². The minimum atomic E-state index is -3.94. The van der Waals surface area contributed by atoms with Gasteiger partial charge >= 0.3 is 0 Å². The first-order valence-electron chi connectivity index (χ1n) is 6.02. The number of imidazole rings is 1. The predicted octanol–water partition coefficient (Wildman–Crippen LogP) is 1.71. The number of hydrogen-bond acceptors (Lipinski definition) is 5. The Balaban J connectivity index is 2.49. The molecule has 2 aromatic rings. The molecule has 1 atom stereocenters. The summed E-state index contributed by atoms with van der Waals surface area (Å²) in [4.78, 5) is 14.9. The van der Waals surface area contributed by atoms with Gasteiger partial charge in [-0.05, 0) is 28.4 Å². The number of alkyl halides is 1. The Morgan fingerprint density at radius 1 is 1.59 bits per heavy atom. The van der Waals surface area contributed by atoms with E-state index in [0.717, 1.165) is 0 Å². The third kappa shape index (κ3) is 3.30. The molecule has 7 nitrogen and oxygen atoms in total. The van der Waals surface area contributed by atoms with Crippen LogP contribution in [0.5, 0.6) is 0 Å². The topological polar surface area (TPSA) is 104 Å². The highest BCUT2D eigenvalue weighted by atomic mass is 79.9. The summed E-state index contributed by atoms with van der Waals surface area (Å²) in [5.41, 5.74) is 0.629. The third-order valence-electron chi connectivity index (χ3n) is 2.85. The summed E-state index contributed by atoms with van der Waals surface area (Å²) in [5.74, 6) is 0.153. The number of nitriles is 1. The van der Waals surface area contributed by atoms with Crippen LogP contribution in [0.4, 0.5) is 0 Å². The molecule has 2 aromatic heterocycles. The number of carbonyl (C=O) groups excluding carboxylic acids is 1. The molecule has 0 aromatic carbocycles. The number of pyridine rings is 1. The van der Waals surface area contributed by atoms with Crippen LogP contribution < -0.4 is 4.72 Å². The van der Waals surface area contributed by atoms with Crippen molar-refractivity contribution in [1.82, 2.24) is 14.1 Å². The lowest BCUT2D eigenvalue weighted by atomic mass is 10.3. The van der Waals surface area contributed by atoms with E-state index in [1.54, 1.807) is 0 Å². The number of hydrogen-bond donors (Lipinski definition) is 1. The van der Waals surface area contributed by atoms with Crippen molar-refractivity contribution in [3.05, 3.63) is 28.6 Å². The standard InChI is InChI=1S/C12H10BrClN4O3S/c13-11-3-10(6-18-9(7-19)5-16-12(11)18)22(20,21)17-8(4-15)1-2-14/h3,5-8,17H,1-2H2. The van der Waals surface area contributed by atoms with Crippen LogP contribution in [0, 0.1) is 11.3 Å². The number of aromatic nitrogens is 2. The van der Waals surface area contributed by atoms with Crippen molar-refractivity contribution >= 4 is 49.5 Å². The van der Waals surface area contributed by atoms with Gasteiger partial charge in [0, 0.05) is 12.1 Å². The molecule has 0 aliphatic carbocycles. The SMILES string of the molecule is N#CC(CCCl)NS(=O)(=O)c1cc(Br)c2ncc(C=O)n2c1. The summed E-state index contributed by atoms with van der Waals surface area (Å²) in [5, 5.41) is 8.94. The largest absolute Gasteiger partial charge is 0.296 e. The molecule has 0 saturated carbocycles. The van der Waals surface area contributed by atoms with E-state index in [9.17, 15) is 13.2 Å². The van der Waals surface area contributed by atoms with E-state index in [-0.39, 0.29) is 22.9 Å². The summed E-state index contributed by atoms with van der Waals surface area (Å²) >= 11 is 8.75. The van der Waals surface area contributed by atoms with E-state index in [2.05, 4.69) is 25.6 Å². The molecule has 1 N–H and O–H groups in total. The maximum absolute atomic E-state index is 12.3. The minimum absolute atomic E-state index is 0.0946. The molecule has 10 heteroatoms. The Hall–Kier alpha value is -1.47. The molecule has 116 valence electrons. The van der Waals surface area contributed by atoms with Gasteiger partial charge in [0.25, 0.3) is 0 Å². The number of carbonyl (C=O) groups is 1. The normalized spacial score (nSPS) is 13.0. The number of halogens is 2. The third-order valence-corrected chi connectivity index (χ3v) is 5.09. The zero-order valence-corrected chi connectivity index (χ0v) is 14.2. The highest BCUT2D eigenvalue weighted by Gasteiger charge is 2.22. The van der Waals surface area contributed by atoms with Crippen molar-refractivity contribution in [1.29, 1.82) is 5.26 Å². The van der Waals surface area contributed by atoms with Crippen molar-refractivity contribution in [2.45, 2.75) is 17.4 Å². The fourth-order valence-corrected chi connectivity index (χ4v) is 3.90. The van der Waals surface area contributed by atoms with E-state index < -0.39 is 16.1 Å². The average molecular weight is 406 g/mol. The number of nitrogens with one attached hydrogen (secondary N) is 1. The molecule has 0 bridgehead atoms. The zero-order chi connectivity index (χ0) is 16.3. The van der Waals surface area contributed by atoms with Crippen molar-refractivity contribution in [2.75, 3.05) is 5.88 Å². The Bertz CT molecular complexity index is 859. The summed E-state index contributed by atoms with van der Waals surface area (Å²) in [6.45, 7) is 0. The van der Waals surface area contributed by atoms with Crippen LogP contribution in [0.1, 0.15) is 16.9 Å². The predicted molar refractivity (Wildman–Crippen MR) is 83.3 cm³/mol. The second-order valence-corrected chi connectivity index (χ2v) is 7.25. The summed E-state index contributed by atoms with van der Waals surface area (Å²) in [6, 6.07) is 2.27. The van der Waals surface area contributed by atoms with Gasteiger partial charge < -0.3 is 0 Å². The van der Waals surface area contributed by atoms with E-state index >= 15 is 0 Å². The van der Waals surface area contributed by atoms with E-state index in [1.165, 1.54) is 22.9 Å². The van der Waals surface area contributed by atoms with Crippen LogP contribution >= 0.6 is 27.5 Å². The molecule has 0 aliphatic rings. The highest BCUT2D eigenvalue weighted by molar-refractivity contribution is 9.10. The maximum Gasteiger partial charge on any atom is 0.243 e.